The van der Waals surface area contributed by atoms with Crippen LogP contribution in [0, 0.1) is 0 Å². The predicted octanol–water partition coefficient (Wildman–Crippen LogP) is -4.12. The lowest BCUT2D eigenvalue weighted by Crippen LogP contribution is -2.44. The smallest absolute Gasteiger partial charge is 0.394 e. The van der Waals surface area contributed by atoms with Crippen LogP contribution in [-0.2, 0) is 13.9 Å². The van der Waals surface area contributed by atoms with E-state index >= 15 is 0 Å². The Labute approximate surface area is 114 Å². The van der Waals surface area contributed by atoms with Gasteiger partial charge in [-0.25, -0.2) is 0 Å². The number of carbonyl (C=O) groups excluding carboxylic acids is 1. The zero-order chi connectivity index (χ0) is 16.9. The third-order valence-electron chi connectivity index (χ3n) is 1.39. The van der Waals surface area contributed by atoms with Crippen LogP contribution in [-0.4, -0.2) is 82.4 Å². The molecule has 12 nitrogen and oxygen atoms in total. The van der Waals surface area contributed by atoms with E-state index in [1.165, 1.54) is 0 Å². The van der Waals surface area contributed by atoms with Gasteiger partial charge in [-0.3, -0.25) is 4.79 Å². The molecule has 0 unspecified atom stereocenters. The molecule has 3 atom stereocenters. The van der Waals surface area contributed by atoms with Crippen molar-refractivity contribution in [3.63, 3.8) is 0 Å². The van der Waals surface area contributed by atoms with Crippen LogP contribution >= 0.6 is 16.5 Å². The van der Waals surface area contributed by atoms with Gasteiger partial charge in [-0.15, -0.1) is 19.6 Å². The maximum atomic E-state index is 10.5. The molecule has 0 radical (unpaired) electrons. The van der Waals surface area contributed by atoms with E-state index in [1.54, 1.807) is 0 Å². The molecule has 0 rings (SSSR count). The first-order valence-corrected chi connectivity index (χ1v) is 6.82. The molecule has 9 N–H and O–H groups in total. The average molecular weight is 342 g/mol. The summed E-state index contributed by atoms with van der Waals surface area (Å²) < 4.78 is 17.4. The van der Waals surface area contributed by atoms with E-state index in [9.17, 15) is 4.79 Å². The SMILES string of the molecule is O=C(CO)[C@@H](O)[C@H](O)[C@H](O)CO.O=[P+](O)O.O=[P+](O)O. The van der Waals surface area contributed by atoms with Crippen LogP contribution in [0.1, 0.15) is 0 Å². The second-order valence-electron chi connectivity index (χ2n) is 2.82. The van der Waals surface area contributed by atoms with Gasteiger partial charge in [-0.05, 0) is 0 Å². The van der Waals surface area contributed by atoms with Gasteiger partial charge >= 0.3 is 16.5 Å². The molecule has 120 valence electrons. The topological polar surface area (TPSA) is 233 Å². The largest absolute Gasteiger partial charge is 0.692 e. The monoisotopic (exact) mass is 342 g/mol. The van der Waals surface area contributed by atoms with Gasteiger partial charge in [0.1, 0.15) is 24.9 Å². The molecule has 0 amide bonds. The number of rotatable bonds is 5. The zero-order valence-electron chi connectivity index (χ0n) is 9.79. The molecule has 0 saturated heterocycles. The fourth-order valence-electron chi connectivity index (χ4n) is 0.602. The molecule has 0 aromatic carbocycles. The molecule has 0 fully saturated rings. The highest BCUT2D eigenvalue weighted by atomic mass is 31.1. The van der Waals surface area contributed by atoms with Crippen LogP contribution in [0.15, 0.2) is 0 Å². The number of aliphatic hydroxyl groups is 5. The summed E-state index contributed by atoms with van der Waals surface area (Å²) in [6.07, 6.45) is -5.22. The number of aliphatic hydroxyl groups excluding tert-OH is 5. The number of hydrogen-bond donors (Lipinski definition) is 9. The van der Waals surface area contributed by atoms with Gasteiger partial charge < -0.3 is 25.5 Å². The molecule has 0 aromatic heterocycles. The number of carbonyl (C=O) groups is 1. The van der Waals surface area contributed by atoms with Crippen LogP contribution in [0.3, 0.4) is 0 Å². The highest BCUT2D eigenvalue weighted by Gasteiger charge is 2.28. The van der Waals surface area contributed by atoms with Crippen molar-refractivity contribution in [1.82, 2.24) is 0 Å². The Kier molecular flexibility index (Phi) is 18.3. The second-order valence-corrected chi connectivity index (χ2v) is 3.83. The zero-order valence-corrected chi connectivity index (χ0v) is 11.6. The molecule has 0 spiro atoms. The summed E-state index contributed by atoms with van der Waals surface area (Å²) in [5.41, 5.74) is 0. The molecule has 0 aliphatic heterocycles. The highest BCUT2D eigenvalue weighted by molar-refractivity contribution is 7.31. The molecule has 14 heteroatoms. The van der Waals surface area contributed by atoms with Gasteiger partial charge in [0.15, 0.2) is 5.78 Å². The van der Waals surface area contributed by atoms with Gasteiger partial charge in [-0.1, -0.05) is 0 Å². The van der Waals surface area contributed by atoms with Crippen molar-refractivity contribution in [1.29, 1.82) is 0 Å². The van der Waals surface area contributed by atoms with Crippen molar-refractivity contribution in [2.75, 3.05) is 13.2 Å². The Bertz CT molecular complexity index is 276. The average Bonchev–Trinajstić information content (AvgIpc) is 2.33. The van der Waals surface area contributed by atoms with E-state index in [0.29, 0.717) is 0 Å². The van der Waals surface area contributed by atoms with Crippen LogP contribution in [0.25, 0.3) is 0 Å². The molecular formula is C6H16O12P2+2. The van der Waals surface area contributed by atoms with Gasteiger partial charge in [0.2, 0.25) is 0 Å². The molecule has 0 bridgehead atoms. The van der Waals surface area contributed by atoms with Gasteiger partial charge in [-0.2, -0.15) is 0 Å². The standard InChI is InChI=1S/C6H12O6.2HO3P/c7-1-3(9)5(11)6(12)4(10)2-8;2*1-4(2)3/h3,5-9,11-12H,1-2H2;2*(H-,1,2,3)/p+2/t3-,5-,6-;;/m1../s1. The Balaban J connectivity index is -0.000000297. The molecule has 0 aromatic rings. The number of Topliss-reactive ketones (excluding diaryl/α,β-unsaturated/α-hetero) is 1. The molecule has 0 saturated carbocycles. The van der Waals surface area contributed by atoms with Crippen molar-refractivity contribution < 1.29 is 59.0 Å². The first-order chi connectivity index (χ1) is 9.00. The third-order valence-corrected chi connectivity index (χ3v) is 1.39. The van der Waals surface area contributed by atoms with Crippen LogP contribution in [0.4, 0.5) is 0 Å². The first kappa shape index (κ1) is 24.5. The van der Waals surface area contributed by atoms with E-state index in [2.05, 4.69) is 0 Å². The van der Waals surface area contributed by atoms with Gasteiger partial charge in [0.25, 0.3) is 0 Å². The maximum absolute atomic E-state index is 10.5. The van der Waals surface area contributed by atoms with Gasteiger partial charge in [0.05, 0.1) is 6.61 Å². The molecule has 0 aliphatic carbocycles. The van der Waals surface area contributed by atoms with Crippen LogP contribution < -0.4 is 0 Å². The van der Waals surface area contributed by atoms with Crippen LogP contribution in [0.5, 0.6) is 0 Å². The summed E-state index contributed by atoms with van der Waals surface area (Å²) in [7, 11) is -5.74. The van der Waals surface area contributed by atoms with E-state index in [1.807, 2.05) is 0 Å². The predicted molar refractivity (Wildman–Crippen MR) is 61.3 cm³/mol. The minimum atomic E-state index is -2.87. The summed E-state index contributed by atoms with van der Waals surface area (Å²) in [4.78, 5) is 39.0. The van der Waals surface area contributed by atoms with E-state index in [4.69, 9.17) is 54.2 Å². The maximum Gasteiger partial charge on any atom is 0.692 e. The minimum Gasteiger partial charge on any atom is -0.394 e. The number of ketones is 1. The second kappa shape index (κ2) is 14.9. The van der Waals surface area contributed by atoms with Crippen molar-refractivity contribution in [3.05, 3.63) is 0 Å². The molecule has 0 heterocycles. The lowest BCUT2D eigenvalue weighted by Gasteiger charge is -2.19. The van der Waals surface area contributed by atoms with E-state index in [-0.39, 0.29) is 0 Å². The fraction of sp³-hybridized carbons (Fsp3) is 0.833. The van der Waals surface area contributed by atoms with Crippen molar-refractivity contribution in [2.45, 2.75) is 18.3 Å². The van der Waals surface area contributed by atoms with E-state index in [0.717, 1.165) is 0 Å². The lowest BCUT2D eigenvalue weighted by molar-refractivity contribution is -0.142. The highest BCUT2D eigenvalue weighted by Crippen LogP contribution is 2.00. The normalized spacial score (nSPS) is 13.7. The summed E-state index contributed by atoms with van der Waals surface area (Å²) >= 11 is 0. The van der Waals surface area contributed by atoms with Crippen molar-refractivity contribution in [2.24, 2.45) is 0 Å². The third kappa shape index (κ3) is 19.8. The Hall–Kier alpha value is -0.490. The molecule has 20 heavy (non-hydrogen) atoms. The fourth-order valence-corrected chi connectivity index (χ4v) is 0.602. The minimum absolute atomic E-state index is 0.767. The van der Waals surface area contributed by atoms with E-state index < -0.39 is 53.8 Å². The Morgan fingerprint density at radius 3 is 1.40 bits per heavy atom. The van der Waals surface area contributed by atoms with Crippen molar-refractivity contribution >= 4 is 22.3 Å². The lowest BCUT2D eigenvalue weighted by atomic mass is 10.1. The molecular weight excluding hydrogens is 326 g/mol. The summed E-state index contributed by atoms with van der Waals surface area (Å²) in [6.45, 7) is -1.69. The summed E-state index contributed by atoms with van der Waals surface area (Å²) in [6, 6.07) is 0. The first-order valence-electron chi connectivity index (χ1n) is 4.49. The van der Waals surface area contributed by atoms with Gasteiger partial charge in [0, 0.05) is 9.13 Å². The Morgan fingerprint density at radius 1 is 0.900 bits per heavy atom. The molecule has 0 aliphatic rings. The number of hydrogen-bond acceptors (Lipinski definition) is 8. The van der Waals surface area contributed by atoms with Crippen molar-refractivity contribution in [3.8, 4) is 0 Å². The quantitative estimate of drug-likeness (QED) is 0.217. The Morgan fingerprint density at radius 2 is 1.20 bits per heavy atom. The summed E-state index contributed by atoms with van der Waals surface area (Å²) in [5, 5.41) is 43.1. The summed E-state index contributed by atoms with van der Waals surface area (Å²) in [5.74, 6) is -1.00. The van der Waals surface area contributed by atoms with Crippen LogP contribution in [0.2, 0.25) is 0 Å².